The van der Waals surface area contributed by atoms with Gasteiger partial charge in [0.25, 0.3) is 0 Å². The van der Waals surface area contributed by atoms with Gasteiger partial charge in [-0.05, 0) is 43.4 Å². The van der Waals surface area contributed by atoms with Gasteiger partial charge < -0.3 is 15.2 Å². The molecule has 3 nitrogen and oxygen atoms in total. The van der Waals surface area contributed by atoms with Crippen molar-refractivity contribution in [2.24, 2.45) is 11.7 Å². The first-order chi connectivity index (χ1) is 8.76. The van der Waals surface area contributed by atoms with Crippen LogP contribution in [0.2, 0.25) is 0 Å². The lowest BCUT2D eigenvalue weighted by Crippen LogP contribution is -2.19. The average Bonchev–Trinajstić information content (AvgIpc) is 2.92. The van der Waals surface area contributed by atoms with Gasteiger partial charge in [-0.25, -0.2) is 0 Å². The van der Waals surface area contributed by atoms with Crippen LogP contribution in [-0.2, 0) is 0 Å². The van der Waals surface area contributed by atoms with Crippen LogP contribution >= 0.6 is 12.4 Å². The number of hydrogen-bond donors (Lipinski definition) is 1. The van der Waals surface area contributed by atoms with Gasteiger partial charge in [-0.3, -0.25) is 0 Å². The zero-order valence-corrected chi connectivity index (χ0v) is 12.5. The monoisotopic (exact) mass is 285 g/mol. The minimum Gasteiger partial charge on any atom is -0.493 e. The largest absolute Gasteiger partial charge is 0.493 e. The summed E-state index contributed by atoms with van der Waals surface area (Å²) in [4.78, 5) is 0. The van der Waals surface area contributed by atoms with Gasteiger partial charge in [-0.15, -0.1) is 12.4 Å². The van der Waals surface area contributed by atoms with Gasteiger partial charge in [0.15, 0.2) is 11.5 Å². The van der Waals surface area contributed by atoms with Crippen LogP contribution in [0.15, 0.2) is 18.2 Å². The number of rotatable bonds is 5. The third kappa shape index (κ3) is 3.77. The van der Waals surface area contributed by atoms with Crippen LogP contribution in [0.4, 0.5) is 0 Å². The van der Waals surface area contributed by atoms with E-state index in [1.807, 2.05) is 19.1 Å². The van der Waals surface area contributed by atoms with E-state index in [-0.39, 0.29) is 18.4 Å². The summed E-state index contributed by atoms with van der Waals surface area (Å²) in [5.41, 5.74) is 7.52. The SMILES string of the molecule is CCOc1cc([C@@H](N)C2CCCC2)ccc1OC.Cl. The topological polar surface area (TPSA) is 44.5 Å². The van der Waals surface area contributed by atoms with Crippen LogP contribution in [0.5, 0.6) is 11.5 Å². The predicted octanol–water partition coefficient (Wildman–Crippen LogP) is 3.71. The lowest BCUT2D eigenvalue weighted by atomic mass is 9.92. The quantitative estimate of drug-likeness (QED) is 0.897. The van der Waals surface area contributed by atoms with E-state index in [2.05, 4.69) is 6.07 Å². The van der Waals surface area contributed by atoms with Crippen molar-refractivity contribution in [1.82, 2.24) is 0 Å². The third-order valence-corrected chi connectivity index (χ3v) is 3.78. The summed E-state index contributed by atoms with van der Waals surface area (Å²) in [6.45, 7) is 2.61. The molecule has 0 unspecified atom stereocenters. The highest BCUT2D eigenvalue weighted by Gasteiger charge is 2.24. The van der Waals surface area contributed by atoms with Gasteiger partial charge in [0.05, 0.1) is 13.7 Å². The van der Waals surface area contributed by atoms with Gasteiger partial charge in [0, 0.05) is 6.04 Å². The number of benzene rings is 1. The maximum atomic E-state index is 6.36. The lowest BCUT2D eigenvalue weighted by Gasteiger charge is -2.20. The first-order valence-corrected chi connectivity index (χ1v) is 6.82. The van der Waals surface area contributed by atoms with Crippen molar-refractivity contribution in [3.05, 3.63) is 23.8 Å². The second kappa shape index (κ2) is 7.61. The zero-order valence-electron chi connectivity index (χ0n) is 11.7. The maximum absolute atomic E-state index is 6.36. The highest BCUT2D eigenvalue weighted by atomic mass is 35.5. The number of halogens is 1. The summed E-state index contributed by atoms with van der Waals surface area (Å²) < 4.78 is 10.9. The molecule has 2 rings (SSSR count). The Kier molecular flexibility index (Phi) is 6.46. The van der Waals surface area contributed by atoms with E-state index in [0.717, 1.165) is 17.1 Å². The first-order valence-electron chi connectivity index (χ1n) is 6.82. The van der Waals surface area contributed by atoms with Crippen LogP contribution < -0.4 is 15.2 Å². The molecule has 0 spiro atoms. The van der Waals surface area contributed by atoms with Crippen molar-refractivity contribution in [3.63, 3.8) is 0 Å². The number of hydrogen-bond acceptors (Lipinski definition) is 3. The molecule has 1 aliphatic rings. The normalized spacial score (nSPS) is 16.8. The molecule has 0 saturated heterocycles. The van der Waals surface area contributed by atoms with Crippen molar-refractivity contribution in [1.29, 1.82) is 0 Å². The molecule has 1 fully saturated rings. The Bertz CT molecular complexity index is 392. The molecule has 0 aliphatic heterocycles. The average molecular weight is 286 g/mol. The van der Waals surface area contributed by atoms with E-state index in [4.69, 9.17) is 15.2 Å². The van der Waals surface area contributed by atoms with E-state index in [9.17, 15) is 0 Å². The zero-order chi connectivity index (χ0) is 13.0. The van der Waals surface area contributed by atoms with Crippen molar-refractivity contribution in [2.75, 3.05) is 13.7 Å². The summed E-state index contributed by atoms with van der Waals surface area (Å²) in [5, 5.41) is 0. The maximum Gasteiger partial charge on any atom is 0.161 e. The van der Waals surface area contributed by atoms with Gasteiger partial charge in [-0.2, -0.15) is 0 Å². The molecule has 0 heterocycles. The van der Waals surface area contributed by atoms with Crippen LogP contribution in [-0.4, -0.2) is 13.7 Å². The van der Waals surface area contributed by atoms with Crippen LogP contribution in [0.3, 0.4) is 0 Å². The van der Waals surface area contributed by atoms with E-state index < -0.39 is 0 Å². The minimum atomic E-state index is 0. The summed E-state index contributed by atoms with van der Waals surface area (Å²) in [6, 6.07) is 6.17. The lowest BCUT2D eigenvalue weighted by molar-refractivity contribution is 0.309. The molecule has 1 aliphatic carbocycles. The molecule has 19 heavy (non-hydrogen) atoms. The molecule has 0 aromatic heterocycles. The molecule has 0 amide bonds. The molecule has 0 radical (unpaired) electrons. The number of methoxy groups -OCH3 is 1. The molecular formula is C15H24ClNO2. The Morgan fingerprint density at radius 1 is 1.26 bits per heavy atom. The summed E-state index contributed by atoms with van der Waals surface area (Å²) in [6.07, 6.45) is 5.12. The molecule has 4 heteroatoms. The van der Waals surface area contributed by atoms with Crippen molar-refractivity contribution in [2.45, 2.75) is 38.6 Å². The van der Waals surface area contributed by atoms with Crippen molar-refractivity contribution >= 4 is 12.4 Å². The fourth-order valence-electron chi connectivity index (χ4n) is 2.76. The van der Waals surface area contributed by atoms with Gasteiger partial charge in [0.2, 0.25) is 0 Å². The second-order valence-corrected chi connectivity index (χ2v) is 4.91. The highest BCUT2D eigenvalue weighted by Crippen LogP contribution is 2.37. The van der Waals surface area contributed by atoms with E-state index >= 15 is 0 Å². The Morgan fingerprint density at radius 2 is 1.95 bits per heavy atom. The predicted molar refractivity (Wildman–Crippen MR) is 80.3 cm³/mol. The van der Waals surface area contributed by atoms with Gasteiger partial charge in [0.1, 0.15) is 0 Å². The first kappa shape index (κ1) is 16.1. The van der Waals surface area contributed by atoms with Gasteiger partial charge >= 0.3 is 0 Å². The Labute approximate surface area is 121 Å². The number of nitrogens with two attached hydrogens (primary N) is 1. The van der Waals surface area contributed by atoms with E-state index in [0.29, 0.717) is 12.5 Å². The molecule has 2 N–H and O–H groups in total. The van der Waals surface area contributed by atoms with Gasteiger partial charge in [-0.1, -0.05) is 18.9 Å². The summed E-state index contributed by atoms with van der Waals surface area (Å²) in [7, 11) is 1.66. The second-order valence-electron chi connectivity index (χ2n) is 4.91. The van der Waals surface area contributed by atoms with Crippen LogP contribution in [0.1, 0.15) is 44.2 Å². The fourth-order valence-corrected chi connectivity index (χ4v) is 2.76. The minimum absolute atomic E-state index is 0. The van der Waals surface area contributed by atoms with E-state index in [1.54, 1.807) is 7.11 Å². The molecule has 1 atom stereocenters. The van der Waals surface area contributed by atoms with Crippen LogP contribution in [0.25, 0.3) is 0 Å². The molecule has 1 aromatic carbocycles. The molecular weight excluding hydrogens is 262 g/mol. The molecule has 1 saturated carbocycles. The van der Waals surface area contributed by atoms with E-state index in [1.165, 1.54) is 25.7 Å². The molecule has 1 aromatic rings. The number of ether oxygens (including phenoxy) is 2. The summed E-state index contributed by atoms with van der Waals surface area (Å²) >= 11 is 0. The molecule has 0 bridgehead atoms. The summed E-state index contributed by atoms with van der Waals surface area (Å²) in [5.74, 6) is 2.19. The Hall–Kier alpha value is -0.930. The molecule has 108 valence electrons. The van der Waals surface area contributed by atoms with Crippen molar-refractivity contribution in [3.8, 4) is 11.5 Å². The Balaban J connectivity index is 0.00000180. The standard InChI is InChI=1S/C15H23NO2.ClH/c1-3-18-14-10-12(8-9-13(14)17-2)15(16)11-6-4-5-7-11;/h8-11,15H,3-7,16H2,1-2H3;1H/t15-;/m0./s1. The third-order valence-electron chi connectivity index (χ3n) is 3.78. The fraction of sp³-hybridized carbons (Fsp3) is 0.600. The smallest absolute Gasteiger partial charge is 0.161 e. The van der Waals surface area contributed by atoms with Crippen molar-refractivity contribution < 1.29 is 9.47 Å². The highest BCUT2D eigenvalue weighted by molar-refractivity contribution is 5.85. The Morgan fingerprint density at radius 3 is 2.53 bits per heavy atom. The van der Waals surface area contributed by atoms with Crippen LogP contribution in [0, 0.1) is 5.92 Å².